The Morgan fingerprint density at radius 2 is 1.52 bits per heavy atom. The number of aryl methyl sites for hydroxylation is 2. The Kier molecular flexibility index (Phi) is 5.82. The molecule has 0 fully saturated rings. The van der Waals surface area contributed by atoms with Crippen molar-refractivity contribution >= 4 is 0 Å². The first-order valence-electron chi connectivity index (χ1n) is 7.67. The highest BCUT2D eigenvalue weighted by Gasteiger charge is 1.99. The van der Waals surface area contributed by atoms with Crippen molar-refractivity contribution in [1.29, 1.82) is 0 Å². The van der Waals surface area contributed by atoms with Gasteiger partial charge in [-0.25, -0.2) is 0 Å². The van der Waals surface area contributed by atoms with Crippen molar-refractivity contribution in [2.45, 2.75) is 33.8 Å². The molecule has 2 heteroatoms. The molecule has 0 amide bonds. The van der Waals surface area contributed by atoms with Gasteiger partial charge >= 0.3 is 0 Å². The Hall–Kier alpha value is -1.80. The van der Waals surface area contributed by atoms with Gasteiger partial charge in [0.1, 0.15) is 12.4 Å². The third-order valence-corrected chi connectivity index (χ3v) is 3.46. The van der Waals surface area contributed by atoms with Gasteiger partial charge in [-0.15, -0.1) is 0 Å². The second kappa shape index (κ2) is 7.84. The molecule has 2 aromatic rings. The molecule has 0 atom stereocenters. The predicted octanol–water partition coefficient (Wildman–Crippen LogP) is 4.03. The lowest BCUT2D eigenvalue weighted by molar-refractivity contribution is 0.306. The Morgan fingerprint density at radius 3 is 2.14 bits per heavy atom. The molecule has 0 radical (unpaired) electrons. The third kappa shape index (κ3) is 5.24. The van der Waals surface area contributed by atoms with Crippen LogP contribution in [0.25, 0.3) is 0 Å². The van der Waals surface area contributed by atoms with Crippen molar-refractivity contribution < 1.29 is 4.74 Å². The van der Waals surface area contributed by atoms with Crippen LogP contribution in [-0.2, 0) is 13.0 Å². The first-order valence-corrected chi connectivity index (χ1v) is 7.67. The Bertz CT molecular complexity index is 540. The van der Waals surface area contributed by atoms with E-state index in [0.717, 1.165) is 25.3 Å². The molecule has 0 saturated heterocycles. The Labute approximate surface area is 128 Å². The number of benzene rings is 2. The summed E-state index contributed by atoms with van der Waals surface area (Å²) in [5, 5.41) is 3.34. The van der Waals surface area contributed by atoms with Crippen LogP contribution in [0.15, 0.2) is 42.5 Å². The average Bonchev–Trinajstić information content (AvgIpc) is 2.46. The fourth-order valence-corrected chi connectivity index (χ4v) is 2.39. The van der Waals surface area contributed by atoms with Gasteiger partial charge in [0.2, 0.25) is 0 Å². The van der Waals surface area contributed by atoms with E-state index in [0.29, 0.717) is 6.61 Å². The maximum absolute atomic E-state index is 5.88. The van der Waals surface area contributed by atoms with E-state index in [2.05, 4.69) is 68.6 Å². The zero-order valence-corrected chi connectivity index (χ0v) is 13.3. The molecule has 112 valence electrons. The van der Waals surface area contributed by atoms with E-state index >= 15 is 0 Å². The van der Waals surface area contributed by atoms with Crippen LogP contribution in [0.4, 0.5) is 0 Å². The van der Waals surface area contributed by atoms with Crippen LogP contribution in [0.3, 0.4) is 0 Å². The van der Waals surface area contributed by atoms with E-state index in [1.165, 1.54) is 22.3 Å². The molecule has 0 spiro atoms. The van der Waals surface area contributed by atoms with Gasteiger partial charge in [0.05, 0.1) is 0 Å². The monoisotopic (exact) mass is 283 g/mol. The van der Waals surface area contributed by atoms with Crippen LogP contribution in [0.2, 0.25) is 0 Å². The van der Waals surface area contributed by atoms with Crippen LogP contribution < -0.4 is 10.1 Å². The topological polar surface area (TPSA) is 21.3 Å². The summed E-state index contributed by atoms with van der Waals surface area (Å²) in [6.07, 6.45) is 1.08. The summed E-state index contributed by atoms with van der Waals surface area (Å²) in [5.74, 6) is 0.948. The molecule has 1 N–H and O–H groups in total. The van der Waals surface area contributed by atoms with Gasteiger partial charge in [0.25, 0.3) is 0 Å². The number of rotatable bonds is 7. The van der Waals surface area contributed by atoms with Gasteiger partial charge in [0, 0.05) is 0 Å². The normalized spacial score (nSPS) is 10.6. The summed E-state index contributed by atoms with van der Waals surface area (Å²) < 4.78 is 5.88. The van der Waals surface area contributed by atoms with Crippen molar-refractivity contribution in [1.82, 2.24) is 5.32 Å². The Balaban J connectivity index is 1.88. The van der Waals surface area contributed by atoms with Crippen molar-refractivity contribution in [3.8, 4) is 5.75 Å². The first-order chi connectivity index (χ1) is 10.2. The molecule has 0 aliphatic carbocycles. The highest BCUT2D eigenvalue weighted by molar-refractivity contribution is 5.33. The maximum Gasteiger partial charge on any atom is 0.120 e. The first kappa shape index (κ1) is 15.6. The standard InChI is InChI=1S/C19H25NO/c1-4-20-10-9-17-5-7-18(8-6-17)14-21-19-12-15(2)11-16(3)13-19/h5-8,11-13,20H,4,9-10,14H2,1-3H3. The fourth-order valence-electron chi connectivity index (χ4n) is 2.39. The SMILES string of the molecule is CCNCCc1ccc(COc2cc(C)cc(C)c2)cc1. The zero-order valence-electron chi connectivity index (χ0n) is 13.3. The highest BCUT2D eigenvalue weighted by atomic mass is 16.5. The van der Waals surface area contributed by atoms with Crippen LogP contribution in [0.1, 0.15) is 29.2 Å². The predicted molar refractivity (Wildman–Crippen MR) is 88.9 cm³/mol. The number of hydrogen-bond donors (Lipinski definition) is 1. The molecule has 0 saturated carbocycles. The van der Waals surface area contributed by atoms with E-state index in [4.69, 9.17) is 4.74 Å². The quantitative estimate of drug-likeness (QED) is 0.775. The minimum atomic E-state index is 0.621. The molecule has 0 aliphatic heterocycles. The zero-order chi connectivity index (χ0) is 15.1. The summed E-state index contributed by atoms with van der Waals surface area (Å²) in [7, 11) is 0. The van der Waals surface area contributed by atoms with Crippen LogP contribution >= 0.6 is 0 Å². The summed E-state index contributed by atoms with van der Waals surface area (Å²) in [4.78, 5) is 0. The lowest BCUT2D eigenvalue weighted by Gasteiger charge is -2.09. The van der Waals surface area contributed by atoms with Gasteiger partial charge in [-0.05, 0) is 67.7 Å². The minimum Gasteiger partial charge on any atom is -0.489 e. The van der Waals surface area contributed by atoms with Crippen molar-refractivity contribution in [2.75, 3.05) is 13.1 Å². The van der Waals surface area contributed by atoms with Gasteiger partial charge in [0.15, 0.2) is 0 Å². The number of nitrogens with one attached hydrogen (secondary N) is 1. The number of ether oxygens (including phenoxy) is 1. The van der Waals surface area contributed by atoms with Crippen LogP contribution in [0, 0.1) is 13.8 Å². The van der Waals surface area contributed by atoms with Gasteiger partial charge in [-0.2, -0.15) is 0 Å². The Morgan fingerprint density at radius 1 is 0.905 bits per heavy atom. The van der Waals surface area contributed by atoms with E-state index in [1.807, 2.05) is 0 Å². The summed E-state index contributed by atoms with van der Waals surface area (Å²) in [6.45, 7) is 9.01. The van der Waals surface area contributed by atoms with Gasteiger partial charge in [-0.3, -0.25) is 0 Å². The van der Waals surface area contributed by atoms with E-state index in [9.17, 15) is 0 Å². The highest BCUT2D eigenvalue weighted by Crippen LogP contribution is 2.17. The minimum absolute atomic E-state index is 0.621. The molecular formula is C19H25NO. The molecule has 2 rings (SSSR count). The summed E-state index contributed by atoms with van der Waals surface area (Å²) >= 11 is 0. The summed E-state index contributed by atoms with van der Waals surface area (Å²) in [5.41, 5.74) is 5.06. The van der Waals surface area contributed by atoms with Gasteiger partial charge in [-0.1, -0.05) is 37.3 Å². The molecule has 21 heavy (non-hydrogen) atoms. The second-order valence-electron chi connectivity index (χ2n) is 5.53. The molecule has 2 nitrogen and oxygen atoms in total. The maximum atomic E-state index is 5.88. The van der Waals surface area contributed by atoms with Crippen molar-refractivity contribution in [3.63, 3.8) is 0 Å². The molecule has 0 heterocycles. The second-order valence-corrected chi connectivity index (χ2v) is 5.53. The number of hydrogen-bond acceptors (Lipinski definition) is 2. The summed E-state index contributed by atoms with van der Waals surface area (Å²) in [6, 6.07) is 15.0. The third-order valence-electron chi connectivity index (χ3n) is 3.46. The van der Waals surface area contributed by atoms with Crippen LogP contribution in [0.5, 0.6) is 5.75 Å². The molecule has 0 bridgehead atoms. The van der Waals surface area contributed by atoms with E-state index < -0.39 is 0 Å². The average molecular weight is 283 g/mol. The van der Waals surface area contributed by atoms with Crippen molar-refractivity contribution in [2.24, 2.45) is 0 Å². The lowest BCUT2D eigenvalue weighted by Crippen LogP contribution is -2.15. The molecule has 0 unspecified atom stereocenters. The van der Waals surface area contributed by atoms with Crippen LogP contribution in [-0.4, -0.2) is 13.1 Å². The van der Waals surface area contributed by atoms with E-state index in [-0.39, 0.29) is 0 Å². The van der Waals surface area contributed by atoms with Crippen molar-refractivity contribution in [3.05, 3.63) is 64.7 Å². The molecule has 2 aromatic carbocycles. The molecular weight excluding hydrogens is 258 g/mol. The number of likely N-dealkylation sites (N-methyl/N-ethyl adjacent to an activating group) is 1. The lowest BCUT2D eigenvalue weighted by atomic mass is 10.1. The van der Waals surface area contributed by atoms with E-state index in [1.54, 1.807) is 0 Å². The molecule has 0 aromatic heterocycles. The van der Waals surface area contributed by atoms with Gasteiger partial charge < -0.3 is 10.1 Å². The smallest absolute Gasteiger partial charge is 0.120 e. The molecule has 0 aliphatic rings. The largest absolute Gasteiger partial charge is 0.489 e. The fraction of sp³-hybridized carbons (Fsp3) is 0.368.